The van der Waals surface area contributed by atoms with Crippen LogP contribution in [-0.2, 0) is 4.79 Å². The van der Waals surface area contributed by atoms with E-state index in [1.54, 1.807) is 11.3 Å². The van der Waals surface area contributed by atoms with Crippen LogP contribution in [0.2, 0.25) is 0 Å². The second kappa shape index (κ2) is 5.49. The van der Waals surface area contributed by atoms with Gasteiger partial charge in [0.2, 0.25) is 5.91 Å². The first-order chi connectivity index (χ1) is 9.63. The van der Waals surface area contributed by atoms with Crippen molar-refractivity contribution in [3.8, 4) is 0 Å². The van der Waals surface area contributed by atoms with Crippen molar-refractivity contribution in [1.29, 1.82) is 0 Å². The third-order valence-corrected chi connectivity index (χ3v) is 5.83. The Bertz CT molecular complexity index is 469. The van der Waals surface area contributed by atoms with E-state index in [0.717, 1.165) is 6.42 Å². The highest BCUT2D eigenvalue weighted by Gasteiger charge is 2.47. The first-order valence-corrected chi connectivity index (χ1v) is 8.63. The van der Waals surface area contributed by atoms with E-state index in [4.69, 9.17) is 0 Å². The lowest BCUT2D eigenvalue weighted by atomic mass is 9.99. The molecule has 3 rings (SSSR count). The van der Waals surface area contributed by atoms with E-state index in [0.29, 0.717) is 23.8 Å². The largest absolute Gasteiger partial charge is 0.318 e. The molecule has 1 saturated carbocycles. The molecule has 4 atom stereocenters. The number of nitrogens with zero attached hydrogens (tertiary/aromatic N) is 1. The van der Waals surface area contributed by atoms with Crippen molar-refractivity contribution in [2.24, 2.45) is 11.8 Å². The van der Waals surface area contributed by atoms with Gasteiger partial charge in [0.25, 0.3) is 0 Å². The van der Waals surface area contributed by atoms with Crippen LogP contribution in [0.25, 0.3) is 0 Å². The van der Waals surface area contributed by atoms with E-state index < -0.39 is 0 Å². The molecule has 1 aromatic rings. The van der Waals surface area contributed by atoms with E-state index in [1.807, 2.05) is 0 Å². The third-order valence-electron chi connectivity index (χ3n) is 4.90. The molecular formula is C16H24N2OS. The van der Waals surface area contributed by atoms with Crippen LogP contribution in [0.5, 0.6) is 0 Å². The Labute approximate surface area is 125 Å². The Balaban J connectivity index is 1.87. The fourth-order valence-electron chi connectivity index (χ4n) is 3.16. The fraction of sp³-hybridized carbons (Fsp3) is 0.688. The van der Waals surface area contributed by atoms with Gasteiger partial charge in [-0.2, -0.15) is 0 Å². The van der Waals surface area contributed by atoms with Crippen molar-refractivity contribution in [3.63, 3.8) is 0 Å². The average Bonchev–Trinajstić information content (AvgIpc) is 3.05. The molecule has 20 heavy (non-hydrogen) atoms. The molecule has 4 unspecified atom stereocenters. The van der Waals surface area contributed by atoms with Crippen LogP contribution >= 0.6 is 11.3 Å². The van der Waals surface area contributed by atoms with Gasteiger partial charge in [-0.15, -0.1) is 11.3 Å². The van der Waals surface area contributed by atoms with E-state index in [2.05, 4.69) is 48.5 Å². The predicted molar refractivity (Wildman–Crippen MR) is 82.5 cm³/mol. The number of rotatable bonds is 5. The lowest BCUT2D eigenvalue weighted by Crippen LogP contribution is -2.40. The summed E-state index contributed by atoms with van der Waals surface area (Å²) in [7, 11) is 0. The van der Waals surface area contributed by atoms with Gasteiger partial charge in [0.1, 0.15) is 6.17 Å². The number of hydrogen-bond donors (Lipinski definition) is 1. The summed E-state index contributed by atoms with van der Waals surface area (Å²) in [6, 6.07) is 4.55. The van der Waals surface area contributed by atoms with Crippen molar-refractivity contribution >= 4 is 17.2 Å². The van der Waals surface area contributed by atoms with Crippen LogP contribution in [0.15, 0.2) is 17.5 Å². The summed E-state index contributed by atoms with van der Waals surface area (Å²) < 4.78 is 0. The molecule has 2 heterocycles. The zero-order valence-electron chi connectivity index (χ0n) is 12.5. The number of nitrogens with one attached hydrogen (secondary N) is 1. The van der Waals surface area contributed by atoms with Gasteiger partial charge < -0.3 is 4.90 Å². The van der Waals surface area contributed by atoms with Gasteiger partial charge in [-0.05, 0) is 43.0 Å². The molecule has 2 fully saturated rings. The number of carbonyl (C=O) groups excluding carboxylic acids is 1. The number of carbonyl (C=O) groups is 1. The normalized spacial score (nSPS) is 29.8. The van der Waals surface area contributed by atoms with Crippen molar-refractivity contribution < 1.29 is 4.79 Å². The van der Waals surface area contributed by atoms with Crippen molar-refractivity contribution in [2.45, 2.75) is 58.3 Å². The Hall–Kier alpha value is -0.870. The molecule has 3 nitrogen and oxygen atoms in total. The summed E-state index contributed by atoms with van der Waals surface area (Å²) in [5.41, 5.74) is 0. The summed E-state index contributed by atoms with van der Waals surface area (Å²) in [6.07, 6.45) is 3.66. The Kier molecular flexibility index (Phi) is 3.87. The summed E-state index contributed by atoms with van der Waals surface area (Å²) in [6.45, 7) is 6.55. The molecule has 110 valence electrons. The summed E-state index contributed by atoms with van der Waals surface area (Å²) in [4.78, 5) is 16.2. The van der Waals surface area contributed by atoms with Gasteiger partial charge in [-0.25, -0.2) is 0 Å². The zero-order chi connectivity index (χ0) is 14.3. The molecule has 0 spiro atoms. The molecule has 1 aliphatic carbocycles. The first kappa shape index (κ1) is 14.1. The fourth-order valence-corrected chi connectivity index (χ4v) is 3.94. The van der Waals surface area contributed by atoms with E-state index in [-0.39, 0.29) is 12.2 Å². The maximum Gasteiger partial charge on any atom is 0.241 e. The van der Waals surface area contributed by atoms with Crippen LogP contribution in [0, 0.1) is 11.8 Å². The van der Waals surface area contributed by atoms with Gasteiger partial charge in [-0.1, -0.05) is 26.3 Å². The minimum Gasteiger partial charge on any atom is -0.318 e. The zero-order valence-corrected chi connectivity index (χ0v) is 13.3. The standard InChI is InChI=1S/C16H24N2OS/c1-4-10(2)14-16(19)18(11(3)12-7-8-12)15(17-14)13-6-5-9-20-13/h5-6,9-12,14-15,17H,4,7-8H2,1-3H3. The second-order valence-corrected chi connectivity index (χ2v) is 7.25. The second-order valence-electron chi connectivity index (χ2n) is 6.27. The smallest absolute Gasteiger partial charge is 0.241 e. The average molecular weight is 292 g/mol. The molecule has 1 amide bonds. The molecule has 0 aromatic carbocycles. The number of hydrogen-bond acceptors (Lipinski definition) is 3. The Morgan fingerprint density at radius 1 is 1.45 bits per heavy atom. The Morgan fingerprint density at radius 3 is 2.75 bits per heavy atom. The topological polar surface area (TPSA) is 32.3 Å². The molecular weight excluding hydrogens is 268 g/mol. The number of thiophene rings is 1. The summed E-state index contributed by atoms with van der Waals surface area (Å²) in [5.74, 6) is 1.40. The lowest BCUT2D eigenvalue weighted by Gasteiger charge is -2.30. The van der Waals surface area contributed by atoms with Crippen LogP contribution in [0.4, 0.5) is 0 Å². The molecule has 1 aliphatic heterocycles. The maximum absolute atomic E-state index is 12.9. The van der Waals surface area contributed by atoms with Crippen molar-refractivity contribution in [2.75, 3.05) is 0 Å². The monoisotopic (exact) mass is 292 g/mol. The third kappa shape index (κ3) is 2.40. The molecule has 1 aromatic heterocycles. The quantitative estimate of drug-likeness (QED) is 0.902. The van der Waals surface area contributed by atoms with E-state index in [9.17, 15) is 4.79 Å². The molecule has 0 bridgehead atoms. The highest BCUT2D eigenvalue weighted by atomic mass is 32.1. The van der Waals surface area contributed by atoms with E-state index in [1.165, 1.54) is 17.7 Å². The minimum atomic E-state index is -0.0201. The van der Waals surface area contributed by atoms with Crippen LogP contribution < -0.4 is 5.32 Å². The molecule has 1 saturated heterocycles. The summed E-state index contributed by atoms with van der Waals surface area (Å²) >= 11 is 1.74. The maximum atomic E-state index is 12.9. The molecule has 4 heteroatoms. The highest BCUT2D eigenvalue weighted by molar-refractivity contribution is 7.10. The first-order valence-electron chi connectivity index (χ1n) is 7.75. The van der Waals surface area contributed by atoms with Crippen LogP contribution in [-0.4, -0.2) is 22.9 Å². The van der Waals surface area contributed by atoms with Gasteiger partial charge in [-0.3, -0.25) is 10.1 Å². The minimum absolute atomic E-state index is 0.0201. The van der Waals surface area contributed by atoms with Crippen LogP contribution in [0.1, 0.15) is 51.1 Å². The van der Waals surface area contributed by atoms with Crippen molar-refractivity contribution in [1.82, 2.24) is 10.2 Å². The van der Waals surface area contributed by atoms with Gasteiger partial charge in [0, 0.05) is 10.9 Å². The molecule has 0 radical (unpaired) electrons. The molecule has 2 aliphatic rings. The van der Waals surface area contributed by atoms with E-state index >= 15 is 0 Å². The van der Waals surface area contributed by atoms with Gasteiger partial charge in [0.05, 0.1) is 6.04 Å². The van der Waals surface area contributed by atoms with Crippen LogP contribution in [0.3, 0.4) is 0 Å². The lowest BCUT2D eigenvalue weighted by molar-refractivity contribution is -0.133. The molecule has 1 N–H and O–H groups in total. The van der Waals surface area contributed by atoms with Crippen molar-refractivity contribution in [3.05, 3.63) is 22.4 Å². The van der Waals surface area contributed by atoms with Gasteiger partial charge >= 0.3 is 0 Å². The Morgan fingerprint density at radius 2 is 2.20 bits per heavy atom. The predicted octanol–water partition coefficient (Wildman–Crippen LogP) is 3.39. The summed E-state index contributed by atoms with van der Waals surface area (Å²) in [5, 5.41) is 5.69. The number of amides is 1. The van der Waals surface area contributed by atoms with Gasteiger partial charge in [0.15, 0.2) is 0 Å². The SMILES string of the molecule is CCC(C)C1NC(c2cccs2)N(C(C)C2CC2)C1=O. The highest BCUT2D eigenvalue weighted by Crippen LogP contribution is 2.41.